The molecule has 7 heteroatoms. The zero-order valence-electron chi connectivity index (χ0n) is 16.2. The van der Waals surface area contributed by atoms with E-state index in [4.69, 9.17) is 4.42 Å². The lowest BCUT2D eigenvalue weighted by Gasteiger charge is -2.31. The molecule has 2 atom stereocenters. The number of furan rings is 1. The van der Waals surface area contributed by atoms with Gasteiger partial charge in [0.2, 0.25) is 15.9 Å². The van der Waals surface area contributed by atoms with Crippen molar-refractivity contribution in [3.8, 4) is 0 Å². The number of nitrogens with zero attached hydrogens (tertiary/aromatic N) is 1. The highest BCUT2D eigenvalue weighted by atomic mass is 32.2. The number of benzene rings is 2. The van der Waals surface area contributed by atoms with Crippen LogP contribution in [0.25, 0.3) is 11.0 Å². The summed E-state index contributed by atoms with van der Waals surface area (Å²) in [4.78, 5) is 13.1. The minimum Gasteiger partial charge on any atom is -0.459 e. The smallest absolute Gasteiger partial charge is 0.243 e. The molecule has 0 spiro atoms. The van der Waals surface area contributed by atoms with Gasteiger partial charge in [-0.25, -0.2) is 8.42 Å². The summed E-state index contributed by atoms with van der Waals surface area (Å²) >= 11 is 0. The molecule has 1 amide bonds. The van der Waals surface area contributed by atoms with Crippen molar-refractivity contribution in [2.45, 2.75) is 30.7 Å². The Morgan fingerprint density at radius 3 is 2.62 bits per heavy atom. The van der Waals surface area contributed by atoms with E-state index in [1.54, 1.807) is 30.3 Å². The first kappa shape index (κ1) is 19.7. The first-order chi connectivity index (χ1) is 13.9. The summed E-state index contributed by atoms with van der Waals surface area (Å²) in [6.07, 6.45) is 1.32. The van der Waals surface area contributed by atoms with Crippen molar-refractivity contribution < 1.29 is 17.6 Å². The number of sulfonamides is 1. The molecular weight excluding hydrogens is 388 g/mol. The predicted molar refractivity (Wildman–Crippen MR) is 111 cm³/mol. The molecule has 1 aliphatic rings. The van der Waals surface area contributed by atoms with Gasteiger partial charge in [-0.1, -0.05) is 36.4 Å². The van der Waals surface area contributed by atoms with Gasteiger partial charge in [-0.2, -0.15) is 4.31 Å². The Hall–Kier alpha value is -2.64. The molecule has 6 nitrogen and oxygen atoms in total. The maximum Gasteiger partial charge on any atom is 0.243 e. The zero-order chi connectivity index (χ0) is 20.4. The molecule has 3 aromatic rings. The van der Waals surface area contributed by atoms with Gasteiger partial charge in [-0.15, -0.1) is 0 Å². The standard InChI is InChI=1S/C22H24N2O4S/c1-16(21-14-17-8-5-6-12-20(17)28-21)23-22(25)18-9-7-13-24(15-18)29(26,27)19-10-3-2-4-11-19/h2-6,8,10-12,14,16,18H,7,9,13,15H2,1H3,(H,23,25)/t16-,18+/m1/s1. The van der Waals surface area contributed by atoms with Crippen LogP contribution in [-0.4, -0.2) is 31.7 Å². The Balaban J connectivity index is 1.44. The Morgan fingerprint density at radius 1 is 1.14 bits per heavy atom. The van der Waals surface area contributed by atoms with E-state index in [9.17, 15) is 13.2 Å². The van der Waals surface area contributed by atoms with E-state index in [-0.39, 0.29) is 29.3 Å². The molecule has 0 radical (unpaired) electrons. The largest absolute Gasteiger partial charge is 0.459 e. The normalized spacial score (nSPS) is 19.1. The van der Waals surface area contributed by atoms with E-state index in [1.807, 2.05) is 37.3 Å². The average Bonchev–Trinajstić information content (AvgIpc) is 3.19. The second-order valence-corrected chi connectivity index (χ2v) is 9.37. The van der Waals surface area contributed by atoms with Gasteiger partial charge in [0.15, 0.2) is 0 Å². The molecule has 29 heavy (non-hydrogen) atoms. The molecule has 0 unspecified atom stereocenters. The summed E-state index contributed by atoms with van der Waals surface area (Å²) in [5.74, 6) is 0.157. The number of para-hydroxylation sites is 1. The van der Waals surface area contributed by atoms with Gasteiger partial charge in [0.1, 0.15) is 11.3 Å². The van der Waals surface area contributed by atoms with Crippen molar-refractivity contribution in [1.82, 2.24) is 9.62 Å². The fourth-order valence-corrected chi connectivity index (χ4v) is 5.28. The minimum absolute atomic E-state index is 0.147. The number of fused-ring (bicyclic) bond motifs is 1. The predicted octanol–water partition coefficient (Wildman–Crippen LogP) is 3.71. The van der Waals surface area contributed by atoms with Crippen LogP contribution >= 0.6 is 0 Å². The molecule has 4 rings (SSSR count). The van der Waals surface area contributed by atoms with Gasteiger partial charge in [-0.05, 0) is 44.0 Å². The van der Waals surface area contributed by atoms with Crippen LogP contribution in [0.15, 0.2) is 70.0 Å². The maximum absolute atomic E-state index is 12.9. The zero-order valence-corrected chi connectivity index (χ0v) is 17.1. The molecule has 2 aromatic carbocycles. The van der Waals surface area contributed by atoms with Crippen LogP contribution in [0.4, 0.5) is 0 Å². The highest BCUT2D eigenvalue weighted by molar-refractivity contribution is 7.89. The molecule has 1 N–H and O–H groups in total. The summed E-state index contributed by atoms with van der Waals surface area (Å²) < 4.78 is 33.0. The molecule has 0 aliphatic carbocycles. The van der Waals surface area contributed by atoms with Gasteiger partial charge < -0.3 is 9.73 Å². The Morgan fingerprint density at radius 2 is 1.86 bits per heavy atom. The number of piperidine rings is 1. The van der Waals surface area contributed by atoms with Crippen LogP contribution in [0.3, 0.4) is 0 Å². The molecule has 0 bridgehead atoms. The van der Waals surface area contributed by atoms with Crippen molar-refractivity contribution in [1.29, 1.82) is 0 Å². The second kappa shape index (κ2) is 8.00. The monoisotopic (exact) mass is 412 g/mol. The third kappa shape index (κ3) is 4.06. The van der Waals surface area contributed by atoms with Crippen LogP contribution in [0.5, 0.6) is 0 Å². The fourth-order valence-electron chi connectivity index (χ4n) is 3.73. The van der Waals surface area contributed by atoms with Gasteiger partial charge in [0, 0.05) is 18.5 Å². The summed E-state index contributed by atoms with van der Waals surface area (Å²) in [5, 5.41) is 3.97. The van der Waals surface area contributed by atoms with Crippen molar-refractivity contribution in [3.63, 3.8) is 0 Å². The van der Waals surface area contributed by atoms with Crippen molar-refractivity contribution in [2.75, 3.05) is 13.1 Å². The van der Waals surface area contributed by atoms with Gasteiger partial charge in [0.25, 0.3) is 0 Å². The molecule has 1 saturated heterocycles. The van der Waals surface area contributed by atoms with Crippen molar-refractivity contribution in [3.05, 3.63) is 66.4 Å². The van der Waals surface area contributed by atoms with E-state index in [0.717, 1.165) is 11.0 Å². The third-order valence-electron chi connectivity index (χ3n) is 5.37. The average molecular weight is 413 g/mol. The van der Waals surface area contributed by atoms with E-state index < -0.39 is 10.0 Å². The number of nitrogens with one attached hydrogen (secondary N) is 1. The summed E-state index contributed by atoms with van der Waals surface area (Å²) in [7, 11) is -3.59. The minimum atomic E-state index is -3.59. The highest BCUT2D eigenvalue weighted by Crippen LogP contribution is 2.26. The Bertz CT molecular complexity index is 1080. The Labute approximate surface area is 170 Å². The van der Waals surface area contributed by atoms with E-state index in [2.05, 4.69) is 5.32 Å². The number of amides is 1. The number of hydrogen-bond donors (Lipinski definition) is 1. The summed E-state index contributed by atoms with van der Waals surface area (Å²) in [6.45, 7) is 2.49. The number of carbonyl (C=O) groups is 1. The van der Waals surface area contributed by atoms with E-state index >= 15 is 0 Å². The van der Waals surface area contributed by atoms with Crippen LogP contribution < -0.4 is 5.32 Å². The van der Waals surface area contributed by atoms with Gasteiger partial charge in [0.05, 0.1) is 16.9 Å². The van der Waals surface area contributed by atoms with Crippen LogP contribution in [0, 0.1) is 5.92 Å². The first-order valence-corrected chi connectivity index (χ1v) is 11.2. The van der Waals surface area contributed by atoms with Crippen LogP contribution in [0.1, 0.15) is 31.6 Å². The van der Waals surface area contributed by atoms with Gasteiger partial charge in [-0.3, -0.25) is 4.79 Å². The highest BCUT2D eigenvalue weighted by Gasteiger charge is 2.33. The van der Waals surface area contributed by atoms with E-state index in [1.165, 1.54) is 4.31 Å². The lowest BCUT2D eigenvalue weighted by molar-refractivity contribution is -0.126. The molecule has 152 valence electrons. The van der Waals surface area contributed by atoms with E-state index in [0.29, 0.717) is 25.1 Å². The van der Waals surface area contributed by atoms with Crippen molar-refractivity contribution in [2.24, 2.45) is 5.92 Å². The molecule has 1 fully saturated rings. The van der Waals surface area contributed by atoms with Gasteiger partial charge >= 0.3 is 0 Å². The van der Waals surface area contributed by atoms with Crippen LogP contribution in [-0.2, 0) is 14.8 Å². The topological polar surface area (TPSA) is 79.6 Å². The number of hydrogen-bond acceptors (Lipinski definition) is 4. The molecule has 1 aliphatic heterocycles. The second-order valence-electron chi connectivity index (χ2n) is 7.43. The lowest BCUT2D eigenvalue weighted by Crippen LogP contribution is -2.45. The summed E-state index contributed by atoms with van der Waals surface area (Å²) in [6, 6.07) is 17.7. The molecular formula is C22H24N2O4S. The quantitative estimate of drug-likeness (QED) is 0.693. The molecule has 1 aromatic heterocycles. The van der Waals surface area contributed by atoms with Crippen LogP contribution in [0.2, 0.25) is 0 Å². The Kier molecular flexibility index (Phi) is 5.43. The van der Waals surface area contributed by atoms with Crippen molar-refractivity contribution >= 4 is 26.9 Å². The SMILES string of the molecule is C[C@@H](NC(=O)[C@H]1CCCN(S(=O)(=O)c2ccccc2)C1)c1cc2ccccc2o1. The third-order valence-corrected chi connectivity index (χ3v) is 7.25. The molecule has 0 saturated carbocycles. The summed E-state index contributed by atoms with van der Waals surface area (Å²) in [5.41, 5.74) is 0.779. The number of carbonyl (C=O) groups excluding carboxylic acids is 1. The first-order valence-electron chi connectivity index (χ1n) is 9.79. The maximum atomic E-state index is 12.9. The fraction of sp³-hybridized carbons (Fsp3) is 0.318. The lowest BCUT2D eigenvalue weighted by atomic mass is 9.98. The number of rotatable bonds is 5. The molecule has 2 heterocycles.